The van der Waals surface area contributed by atoms with Gasteiger partial charge in [0.15, 0.2) is 0 Å². The normalized spacial score (nSPS) is 11.2. The molecule has 0 aromatic heterocycles. The average molecular weight is 432 g/mol. The zero-order chi connectivity index (χ0) is 13.0. The summed E-state index contributed by atoms with van der Waals surface area (Å²) in [6, 6.07) is 18.5. The SMILES string of the molecule is CC(C(=O)O)N(c1ccccc1)c1ccccc1.[Os]. The van der Waals surface area contributed by atoms with E-state index in [0.29, 0.717) is 0 Å². The first-order chi connectivity index (χ1) is 8.70. The molecule has 1 atom stereocenters. The molecular formula is C15H15NO2Os. The zero-order valence-electron chi connectivity index (χ0n) is 10.5. The molecule has 4 heteroatoms. The number of carboxylic acid groups (broad SMARTS) is 1. The molecule has 1 N–H and O–H groups in total. The van der Waals surface area contributed by atoms with E-state index < -0.39 is 12.0 Å². The van der Waals surface area contributed by atoms with Gasteiger partial charge in [0.2, 0.25) is 0 Å². The number of anilines is 2. The van der Waals surface area contributed by atoms with Crippen molar-refractivity contribution in [1.29, 1.82) is 0 Å². The van der Waals surface area contributed by atoms with Crippen molar-refractivity contribution in [2.45, 2.75) is 13.0 Å². The average Bonchev–Trinajstić information content (AvgIpc) is 2.41. The van der Waals surface area contributed by atoms with Gasteiger partial charge in [-0.1, -0.05) is 36.4 Å². The smallest absolute Gasteiger partial charge is 0.326 e. The summed E-state index contributed by atoms with van der Waals surface area (Å²) in [4.78, 5) is 13.1. The molecule has 0 amide bonds. The number of aliphatic carboxylic acids is 1. The Balaban J connectivity index is 0.00000180. The van der Waals surface area contributed by atoms with Crippen LogP contribution in [0.15, 0.2) is 60.7 Å². The number of para-hydroxylation sites is 2. The molecule has 2 rings (SSSR count). The fraction of sp³-hybridized carbons (Fsp3) is 0.133. The van der Waals surface area contributed by atoms with Gasteiger partial charge in [0.05, 0.1) is 0 Å². The topological polar surface area (TPSA) is 40.5 Å². The molecule has 0 saturated carbocycles. The van der Waals surface area contributed by atoms with Crippen molar-refractivity contribution >= 4 is 17.3 Å². The van der Waals surface area contributed by atoms with E-state index in [1.807, 2.05) is 65.6 Å². The Morgan fingerprint density at radius 3 is 1.63 bits per heavy atom. The summed E-state index contributed by atoms with van der Waals surface area (Å²) in [5, 5.41) is 9.23. The van der Waals surface area contributed by atoms with Gasteiger partial charge in [-0.3, -0.25) is 0 Å². The molecule has 1 unspecified atom stereocenters. The first-order valence-electron chi connectivity index (χ1n) is 5.82. The predicted octanol–water partition coefficient (Wildman–Crippen LogP) is 3.30. The number of rotatable bonds is 4. The molecule has 0 radical (unpaired) electrons. The molecule has 0 spiro atoms. The molecule has 0 heterocycles. The Labute approximate surface area is 125 Å². The molecule has 2 aromatic carbocycles. The van der Waals surface area contributed by atoms with E-state index >= 15 is 0 Å². The van der Waals surface area contributed by atoms with Crippen LogP contribution >= 0.6 is 0 Å². The number of carboxylic acids is 1. The Morgan fingerprint density at radius 1 is 0.947 bits per heavy atom. The molecule has 2 aromatic rings. The predicted molar refractivity (Wildman–Crippen MR) is 72.1 cm³/mol. The van der Waals surface area contributed by atoms with E-state index in [-0.39, 0.29) is 19.8 Å². The van der Waals surface area contributed by atoms with Crippen molar-refractivity contribution < 1.29 is 29.7 Å². The van der Waals surface area contributed by atoms with Crippen molar-refractivity contribution in [1.82, 2.24) is 0 Å². The quantitative estimate of drug-likeness (QED) is 0.808. The van der Waals surface area contributed by atoms with Gasteiger partial charge in [-0.2, -0.15) is 0 Å². The largest absolute Gasteiger partial charge is 0.480 e. The molecule has 19 heavy (non-hydrogen) atoms. The van der Waals surface area contributed by atoms with Gasteiger partial charge in [0, 0.05) is 31.2 Å². The van der Waals surface area contributed by atoms with Crippen LogP contribution in [0.5, 0.6) is 0 Å². The van der Waals surface area contributed by atoms with Gasteiger partial charge in [0.25, 0.3) is 0 Å². The molecule has 0 fully saturated rings. The Bertz CT molecular complexity index is 477. The van der Waals surface area contributed by atoms with Gasteiger partial charge < -0.3 is 10.0 Å². The monoisotopic (exact) mass is 433 g/mol. The molecule has 0 aliphatic carbocycles. The van der Waals surface area contributed by atoms with Gasteiger partial charge in [-0.05, 0) is 31.2 Å². The summed E-state index contributed by atoms with van der Waals surface area (Å²) < 4.78 is 0. The van der Waals surface area contributed by atoms with Crippen LogP contribution < -0.4 is 4.90 Å². The van der Waals surface area contributed by atoms with Gasteiger partial charge >= 0.3 is 5.97 Å². The van der Waals surface area contributed by atoms with Crippen LogP contribution in [0.25, 0.3) is 0 Å². The third-order valence-electron chi connectivity index (χ3n) is 2.81. The van der Waals surface area contributed by atoms with Crippen LogP contribution in [-0.2, 0) is 24.6 Å². The summed E-state index contributed by atoms with van der Waals surface area (Å²) in [5.74, 6) is -0.845. The molecule has 0 aliphatic heterocycles. The van der Waals surface area contributed by atoms with Crippen LogP contribution in [0.4, 0.5) is 11.4 Å². The number of carbonyl (C=O) groups is 1. The van der Waals surface area contributed by atoms with Crippen molar-refractivity contribution in [3.8, 4) is 0 Å². The van der Waals surface area contributed by atoms with Crippen molar-refractivity contribution in [2.24, 2.45) is 0 Å². The second-order valence-electron chi connectivity index (χ2n) is 4.06. The van der Waals surface area contributed by atoms with Gasteiger partial charge in [-0.25, -0.2) is 4.79 Å². The third kappa shape index (κ3) is 3.65. The summed E-state index contributed by atoms with van der Waals surface area (Å²) >= 11 is 0. The van der Waals surface area contributed by atoms with E-state index in [0.717, 1.165) is 11.4 Å². The minimum Gasteiger partial charge on any atom is -0.480 e. The van der Waals surface area contributed by atoms with Crippen LogP contribution in [0.2, 0.25) is 0 Å². The first-order valence-corrected chi connectivity index (χ1v) is 5.82. The third-order valence-corrected chi connectivity index (χ3v) is 2.81. The Morgan fingerprint density at radius 2 is 1.32 bits per heavy atom. The molecule has 0 bridgehead atoms. The maximum absolute atomic E-state index is 11.2. The fourth-order valence-electron chi connectivity index (χ4n) is 1.88. The minimum atomic E-state index is -0.845. The summed E-state index contributed by atoms with van der Waals surface area (Å²) in [7, 11) is 0. The summed E-state index contributed by atoms with van der Waals surface area (Å²) in [5.41, 5.74) is 1.75. The van der Waals surface area contributed by atoms with E-state index in [4.69, 9.17) is 0 Å². The van der Waals surface area contributed by atoms with Crippen LogP contribution in [0.1, 0.15) is 6.92 Å². The van der Waals surface area contributed by atoms with Crippen molar-refractivity contribution in [3.63, 3.8) is 0 Å². The Kier molecular flexibility index (Phi) is 5.73. The fourth-order valence-corrected chi connectivity index (χ4v) is 1.88. The second kappa shape index (κ2) is 7.06. The minimum absolute atomic E-state index is 0. The number of hydrogen-bond acceptors (Lipinski definition) is 2. The molecule has 0 aliphatic rings. The first kappa shape index (κ1) is 15.4. The second-order valence-corrected chi connectivity index (χ2v) is 4.06. The molecule has 0 saturated heterocycles. The maximum Gasteiger partial charge on any atom is 0.326 e. The van der Waals surface area contributed by atoms with Crippen molar-refractivity contribution in [2.75, 3.05) is 4.90 Å². The van der Waals surface area contributed by atoms with Gasteiger partial charge in [-0.15, -0.1) is 0 Å². The molecular weight excluding hydrogens is 416 g/mol. The molecule has 100 valence electrons. The standard InChI is InChI=1S/C15H15NO2.Os/c1-12(15(17)18)16(13-8-4-2-5-9-13)14-10-6-3-7-11-14;/h2-12H,1H3,(H,17,18);. The number of benzene rings is 2. The van der Waals surface area contributed by atoms with Crippen LogP contribution in [0, 0.1) is 0 Å². The van der Waals surface area contributed by atoms with E-state index in [2.05, 4.69) is 0 Å². The van der Waals surface area contributed by atoms with Gasteiger partial charge in [0.1, 0.15) is 6.04 Å². The maximum atomic E-state index is 11.2. The van der Waals surface area contributed by atoms with E-state index in [1.54, 1.807) is 6.92 Å². The van der Waals surface area contributed by atoms with Crippen molar-refractivity contribution in [3.05, 3.63) is 60.7 Å². The van der Waals surface area contributed by atoms with Crippen LogP contribution in [-0.4, -0.2) is 17.1 Å². The number of hydrogen-bond donors (Lipinski definition) is 1. The number of nitrogens with zero attached hydrogens (tertiary/aromatic N) is 1. The summed E-state index contributed by atoms with van der Waals surface area (Å²) in [6.07, 6.45) is 0. The van der Waals surface area contributed by atoms with E-state index in [1.165, 1.54) is 0 Å². The zero-order valence-corrected chi connectivity index (χ0v) is 13.0. The summed E-state index contributed by atoms with van der Waals surface area (Å²) in [6.45, 7) is 1.68. The van der Waals surface area contributed by atoms with Crippen LogP contribution in [0.3, 0.4) is 0 Å². The Hall–Kier alpha value is -1.65. The molecule has 3 nitrogen and oxygen atoms in total. The van der Waals surface area contributed by atoms with E-state index in [9.17, 15) is 9.90 Å².